The minimum Gasteiger partial charge on any atom is -0.361 e. The second-order valence-corrected chi connectivity index (χ2v) is 4.91. The predicted molar refractivity (Wildman–Crippen MR) is 83.0 cm³/mol. The van der Waals surface area contributed by atoms with Crippen molar-refractivity contribution in [3.05, 3.63) is 66.1 Å². The normalized spacial score (nSPS) is 10.7. The van der Waals surface area contributed by atoms with E-state index in [1.807, 2.05) is 36.2 Å². The second-order valence-electron chi connectivity index (χ2n) is 4.91. The zero-order chi connectivity index (χ0) is 14.7. The van der Waals surface area contributed by atoms with Crippen LogP contribution in [-0.2, 0) is 6.54 Å². The third kappa shape index (κ3) is 2.65. The van der Waals surface area contributed by atoms with E-state index in [-0.39, 0.29) is 5.91 Å². The first kappa shape index (κ1) is 13.4. The molecule has 0 bridgehead atoms. The summed E-state index contributed by atoms with van der Waals surface area (Å²) in [5, 5.41) is 1.17. The van der Waals surface area contributed by atoms with E-state index >= 15 is 0 Å². The van der Waals surface area contributed by atoms with Crippen molar-refractivity contribution in [2.75, 3.05) is 6.54 Å². The van der Waals surface area contributed by atoms with E-state index < -0.39 is 0 Å². The summed E-state index contributed by atoms with van der Waals surface area (Å²) in [6, 6.07) is 11.6. The van der Waals surface area contributed by atoms with E-state index in [2.05, 4.69) is 16.0 Å². The Morgan fingerprint density at radius 2 is 1.95 bits per heavy atom. The molecule has 3 rings (SSSR count). The van der Waals surface area contributed by atoms with Crippen LogP contribution in [-0.4, -0.2) is 27.3 Å². The van der Waals surface area contributed by atoms with Crippen LogP contribution in [0.3, 0.4) is 0 Å². The maximum Gasteiger partial charge on any atom is 0.254 e. The lowest BCUT2D eigenvalue weighted by Gasteiger charge is -2.20. The highest BCUT2D eigenvalue weighted by atomic mass is 16.2. The number of rotatable bonds is 4. The quantitative estimate of drug-likeness (QED) is 0.797. The maximum absolute atomic E-state index is 12.5. The zero-order valence-corrected chi connectivity index (χ0v) is 11.9. The highest BCUT2D eigenvalue weighted by Gasteiger charge is 2.15. The summed E-state index contributed by atoms with van der Waals surface area (Å²) in [4.78, 5) is 21.6. The molecule has 0 atom stereocenters. The lowest BCUT2D eigenvalue weighted by molar-refractivity contribution is 0.0753. The molecule has 2 heterocycles. The van der Waals surface area contributed by atoms with Crippen LogP contribution in [0.25, 0.3) is 10.9 Å². The van der Waals surface area contributed by atoms with E-state index in [4.69, 9.17) is 0 Å². The summed E-state index contributed by atoms with van der Waals surface area (Å²) in [6.45, 7) is 3.26. The number of carbonyl (C=O) groups is 1. The van der Waals surface area contributed by atoms with E-state index in [0.29, 0.717) is 18.7 Å². The van der Waals surface area contributed by atoms with Crippen LogP contribution in [0, 0.1) is 0 Å². The molecule has 1 aromatic carbocycles. The van der Waals surface area contributed by atoms with Gasteiger partial charge in [0.05, 0.1) is 0 Å². The van der Waals surface area contributed by atoms with Crippen LogP contribution < -0.4 is 0 Å². The Kier molecular flexibility index (Phi) is 3.69. The summed E-state index contributed by atoms with van der Waals surface area (Å²) in [6.07, 6.45) is 5.27. The van der Waals surface area contributed by atoms with Gasteiger partial charge in [-0.2, -0.15) is 0 Å². The zero-order valence-electron chi connectivity index (χ0n) is 11.9. The number of amides is 1. The van der Waals surface area contributed by atoms with E-state index in [9.17, 15) is 4.79 Å². The minimum atomic E-state index is 0.0326. The third-order valence-corrected chi connectivity index (χ3v) is 3.63. The number of fused-ring (bicyclic) bond motifs is 1. The van der Waals surface area contributed by atoms with Crippen molar-refractivity contribution in [1.29, 1.82) is 0 Å². The Bertz CT molecular complexity index is 749. The molecule has 2 aromatic heterocycles. The van der Waals surface area contributed by atoms with Gasteiger partial charge in [-0.3, -0.25) is 9.78 Å². The Labute approximate surface area is 123 Å². The molecule has 1 amide bonds. The van der Waals surface area contributed by atoms with Crippen molar-refractivity contribution in [2.24, 2.45) is 0 Å². The summed E-state index contributed by atoms with van der Waals surface area (Å²) in [5.41, 5.74) is 2.90. The summed E-state index contributed by atoms with van der Waals surface area (Å²) in [5.74, 6) is 0.0326. The van der Waals surface area contributed by atoms with Crippen LogP contribution in [0.15, 0.2) is 55.0 Å². The van der Waals surface area contributed by atoms with Crippen LogP contribution in [0.2, 0.25) is 0 Å². The van der Waals surface area contributed by atoms with Gasteiger partial charge in [0.15, 0.2) is 0 Å². The first-order valence-electron chi connectivity index (χ1n) is 7.04. The minimum absolute atomic E-state index is 0.0326. The molecule has 0 unspecified atom stereocenters. The molecular formula is C17H17N3O. The highest BCUT2D eigenvalue weighted by Crippen LogP contribution is 2.20. The summed E-state index contributed by atoms with van der Waals surface area (Å²) in [7, 11) is 0. The Hall–Kier alpha value is -2.62. The number of carbonyl (C=O) groups excluding carboxylic acids is 1. The van der Waals surface area contributed by atoms with Gasteiger partial charge in [-0.1, -0.05) is 18.2 Å². The fourth-order valence-electron chi connectivity index (χ4n) is 2.47. The smallest absolute Gasteiger partial charge is 0.254 e. The number of nitrogens with zero attached hydrogens (tertiary/aromatic N) is 2. The van der Waals surface area contributed by atoms with Crippen LogP contribution in [0.5, 0.6) is 0 Å². The fourth-order valence-corrected chi connectivity index (χ4v) is 2.47. The first-order valence-corrected chi connectivity index (χ1v) is 7.04. The van der Waals surface area contributed by atoms with Crippen molar-refractivity contribution in [3.63, 3.8) is 0 Å². The molecule has 0 aliphatic carbocycles. The molecule has 1 N–H and O–H groups in total. The number of H-pyrrole nitrogens is 1. The molecule has 0 saturated heterocycles. The first-order chi connectivity index (χ1) is 10.3. The Morgan fingerprint density at radius 3 is 2.71 bits per heavy atom. The average molecular weight is 279 g/mol. The predicted octanol–water partition coefficient (Wildman–Crippen LogP) is 3.23. The number of nitrogens with one attached hydrogen (secondary N) is 1. The van der Waals surface area contributed by atoms with Crippen molar-refractivity contribution in [1.82, 2.24) is 14.9 Å². The largest absolute Gasteiger partial charge is 0.361 e. The van der Waals surface area contributed by atoms with E-state index in [0.717, 1.165) is 11.1 Å². The molecule has 0 fully saturated rings. The van der Waals surface area contributed by atoms with Gasteiger partial charge >= 0.3 is 0 Å². The van der Waals surface area contributed by atoms with Gasteiger partial charge in [0.2, 0.25) is 0 Å². The number of benzene rings is 1. The molecule has 4 nitrogen and oxygen atoms in total. The molecule has 0 spiro atoms. The standard InChI is InChI=1S/C17H17N3O/c1-2-20(17(21)13-7-9-18-10-8-13)12-14-11-19-16-6-4-3-5-15(14)16/h3-11,19H,2,12H2,1H3. The van der Waals surface area contributed by atoms with Crippen molar-refractivity contribution >= 4 is 16.8 Å². The van der Waals surface area contributed by atoms with Gasteiger partial charge in [-0.25, -0.2) is 0 Å². The third-order valence-electron chi connectivity index (χ3n) is 3.63. The van der Waals surface area contributed by atoms with Gasteiger partial charge < -0.3 is 9.88 Å². The highest BCUT2D eigenvalue weighted by molar-refractivity contribution is 5.94. The maximum atomic E-state index is 12.5. The molecule has 4 heteroatoms. The number of hydrogen-bond acceptors (Lipinski definition) is 2. The fraction of sp³-hybridized carbons (Fsp3) is 0.176. The van der Waals surface area contributed by atoms with Gasteiger partial charge in [0, 0.05) is 48.1 Å². The van der Waals surface area contributed by atoms with Gasteiger partial charge in [0.1, 0.15) is 0 Å². The lowest BCUT2D eigenvalue weighted by Crippen LogP contribution is -2.30. The number of pyridine rings is 1. The Balaban J connectivity index is 1.86. The van der Waals surface area contributed by atoms with E-state index in [1.54, 1.807) is 24.5 Å². The number of aromatic amines is 1. The van der Waals surface area contributed by atoms with Gasteiger partial charge in [0.25, 0.3) is 5.91 Å². The lowest BCUT2D eigenvalue weighted by atomic mass is 10.1. The van der Waals surface area contributed by atoms with Crippen molar-refractivity contribution in [3.8, 4) is 0 Å². The molecule has 0 aliphatic heterocycles. The molecule has 0 aliphatic rings. The number of aromatic nitrogens is 2. The van der Waals surface area contributed by atoms with Gasteiger partial charge in [-0.15, -0.1) is 0 Å². The van der Waals surface area contributed by atoms with Gasteiger partial charge in [-0.05, 0) is 30.7 Å². The summed E-state index contributed by atoms with van der Waals surface area (Å²) >= 11 is 0. The summed E-state index contributed by atoms with van der Waals surface area (Å²) < 4.78 is 0. The number of para-hydroxylation sites is 1. The van der Waals surface area contributed by atoms with Crippen LogP contribution in [0.1, 0.15) is 22.8 Å². The average Bonchev–Trinajstić information content (AvgIpc) is 2.96. The van der Waals surface area contributed by atoms with Crippen molar-refractivity contribution in [2.45, 2.75) is 13.5 Å². The second kappa shape index (κ2) is 5.79. The number of hydrogen-bond donors (Lipinski definition) is 1. The SMILES string of the molecule is CCN(Cc1c[nH]c2ccccc12)C(=O)c1ccncc1. The van der Waals surface area contributed by atoms with Crippen LogP contribution in [0.4, 0.5) is 0 Å². The van der Waals surface area contributed by atoms with Crippen molar-refractivity contribution < 1.29 is 4.79 Å². The molecule has 0 saturated carbocycles. The van der Waals surface area contributed by atoms with E-state index in [1.165, 1.54) is 5.39 Å². The topological polar surface area (TPSA) is 49.0 Å². The molecule has 106 valence electrons. The van der Waals surface area contributed by atoms with Crippen LogP contribution >= 0.6 is 0 Å². The molecule has 0 radical (unpaired) electrons. The molecule has 21 heavy (non-hydrogen) atoms. The Morgan fingerprint density at radius 1 is 1.19 bits per heavy atom. The molecular weight excluding hydrogens is 262 g/mol. The monoisotopic (exact) mass is 279 g/mol. The molecule has 3 aromatic rings.